The third-order valence-corrected chi connectivity index (χ3v) is 4.11. The zero-order chi connectivity index (χ0) is 14.4. The molecule has 112 valence electrons. The van der Waals surface area contributed by atoms with Crippen molar-refractivity contribution in [3.05, 3.63) is 29.8 Å². The molecule has 0 bridgehead atoms. The summed E-state index contributed by atoms with van der Waals surface area (Å²) >= 11 is 0. The number of nitrogens with two attached hydrogens (primary N) is 1. The summed E-state index contributed by atoms with van der Waals surface area (Å²) in [6.45, 7) is 5.14. The fraction of sp³-hybridized carbons (Fsp3) is 0.647. The quantitative estimate of drug-likeness (QED) is 0.837. The maximum atomic E-state index is 5.95. The van der Waals surface area contributed by atoms with Crippen molar-refractivity contribution in [1.82, 2.24) is 5.32 Å². The normalized spacial score (nSPS) is 24.4. The molecule has 0 aliphatic heterocycles. The molecule has 0 amide bonds. The molecule has 1 atom stereocenters. The lowest BCUT2D eigenvalue weighted by Crippen LogP contribution is -2.38. The zero-order valence-corrected chi connectivity index (χ0v) is 12.8. The second-order valence-electron chi connectivity index (χ2n) is 5.92. The van der Waals surface area contributed by atoms with Crippen molar-refractivity contribution in [2.75, 3.05) is 6.61 Å². The highest BCUT2D eigenvalue weighted by atomic mass is 16.5. The van der Waals surface area contributed by atoms with Gasteiger partial charge in [-0.1, -0.05) is 19.1 Å². The fourth-order valence-corrected chi connectivity index (χ4v) is 2.81. The first-order valence-electron chi connectivity index (χ1n) is 7.93. The van der Waals surface area contributed by atoms with Gasteiger partial charge in [-0.2, -0.15) is 0 Å². The van der Waals surface area contributed by atoms with Crippen LogP contribution in [-0.4, -0.2) is 18.7 Å². The van der Waals surface area contributed by atoms with E-state index in [0.29, 0.717) is 18.1 Å². The van der Waals surface area contributed by atoms with E-state index >= 15 is 0 Å². The Kier molecular flexibility index (Phi) is 5.86. The predicted octanol–water partition coefficient (Wildman–Crippen LogP) is 3.40. The van der Waals surface area contributed by atoms with Crippen LogP contribution in [0.25, 0.3) is 0 Å². The van der Waals surface area contributed by atoms with Crippen LogP contribution in [0, 0.1) is 0 Å². The molecule has 3 N–H and O–H groups in total. The Morgan fingerprint density at radius 1 is 1.20 bits per heavy atom. The van der Waals surface area contributed by atoms with Crippen LogP contribution in [0.2, 0.25) is 0 Å². The van der Waals surface area contributed by atoms with Gasteiger partial charge in [-0.15, -0.1) is 0 Å². The van der Waals surface area contributed by atoms with Crippen molar-refractivity contribution in [3.8, 4) is 5.75 Å². The van der Waals surface area contributed by atoms with Crippen molar-refractivity contribution in [2.24, 2.45) is 5.73 Å². The molecular formula is C17H28N2O. The Balaban J connectivity index is 1.84. The molecule has 0 radical (unpaired) electrons. The van der Waals surface area contributed by atoms with E-state index in [-0.39, 0.29) is 0 Å². The third kappa shape index (κ3) is 4.50. The minimum atomic E-state index is 0.384. The van der Waals surface area contributed by atoms with Crippen molar-refractivity contribution >= 4 is 0 Å². The molecular weight excluding hydrogens is 248 g/mol. The maximum absolute atomic E-state index is 5.95. The number of hydrogen-bond donors (Lipinski definition) is 2. The van der Waals surface area contributed by atoms with Crippen LogP contribution in [0.5, 0.6) is 5.75 Å². The smallest absolute Gasteiger partial charge is 0.119 e. The highest BCUT2D eigenvalue weighted by Gasteiger charge is 2.20. The summed E-state index contributed by atoms with van der Waals surface area (Å²) in [6.07, 6.45) is 5.73. The van der Waals surface area contributed by atoms with Gasteiger partial charge < -0.3 is 15.8 Å². The largest absolute Gasteiger partial charge is 0.494 e. The van der Waals surface area contributed by atoms with Gasteiger partial charge in [-0.3, -0.25) is 0 Å². The number of nitrogens with one attached hydrogen (secondary N) is 1. The number of ether oxygens (including phenoxy) is 1. The zero-order valence-electron chi connectivity index (χ0n) is 12.8. The van der Waals surface area contributed by atoms with Gasteiger partial charge in [0.05, 0.1) is 6.61 Å². The molecule has 0 heterocycles. The molecule has 20 heavy (non-hydrogen) atoms. The molecule has 1 aliphatic rings. The summed E-state index contributed by atoms with van der Waals surface area (Å²) in [5.41, 5.74) is 7.28. The Morgan fingerprint density at radius 2 is 1.85 bits per heavy atom. The van der Waals surface area contributed by atoms with Gasteiger partial charge in [0.2, 0.25) is 0 Å². The van der Waals surface area contributed by atoms with Crippen LogP contribution in [0.3, 0.4) is 0 Å². The van der Waals surface area contributed by atoms with Gasteiger partial charge in [0.15, 0.2) is 0 Å². The summed E-state index contributed by atoms with van der Waals surface area (Å²) in [7, 11) is 0. The second kappa shape index (κ2) is 7.65. The van der Waals surface area contributed by atoms with E-state index in [1.807, 2.05) is 0 Å². The number of hydrogen-bond acceptors (Lipinski definition) is 3. The molecule has 1 aromatic carbocycles. The maximum Gasteiger partial charge on any atom is 0.119 e. The molecule has 1 aliphatic carbocycles. The highest BCUT2D eigenvalue weighted by Crippen LogP contribution is 2.22. The van der Waals surface area contributed by atoms with Gasteiger partial charge in [-0.25, -0.2) is 0 Å². The summed E-state index contributed by atoms with van der Waals surface area (Å²) in [5.74, 6) is 0.964. The van der Waals surface area contributed by atoms with Gasteiger partial charge in [0.1, 0.15) is 5.75 Å². The molecule has 0 aromatic heterocycles. The van der Waals surface area contributed by atoms with Crippen LogP contribution in [0.4, 0.5) is 0 Å². The fourth-order valence-electron chi connectivity index (χ4n) is 2.81. The summed E-state index contributed by atoms with van der Waals surface area (Å²) in [6, 6.07) is 9.88. The van der Waals surface area contributed by atoms with Crippen LogP contribution < -0.4 is 15.8 Å². The predicted molar refractivity (Wildman–Crippen MR) is 84.0 cm³/mol. The van der Waals surface area contributed by atoms with Gasteiger partial charge in [-0.05, 0) is 56.7 Å². The Hall–Kier alpha value is -1.06. The van der Waals surface area contributed by atoms with E-state index in [0.717, 1.165) is 31.6 Å². The number of benzene rings is 1. The standard InChI is InChI=1S/C17H28N2O/c1-3-12-20-17-10-4-14(5-11-17)13(2)19-16-8-6-15(18)7-9-16/h4-5,10-11,13,15-16,19H,3,6-9,12,18H2,1-2H3. The summed E-state index contributed by atoms with van der Waals surface area (Å²) < 4.78 is 5.62. The average molecular weight is 276 g/mol. The molecule has 3 nitrogen and oxygen atoms in total. The second-order valence-corrected chi connectivity index (χ2v) is 5.92. The monoisotopic (exact) mass is 276 g/mol. The van der Waals surface area contributed by atoms with E-state index in [4.69, 9.17) is 10.5 Å². The van der Waals surface area contributed by atoms with E-state index in [2.05, 4.69) is 43.4 Å². The first kappa shape index (κ1) is 15.3. The van der Waals surface area contributed by atoms with Crippen molar-refractivity contribution in [1.29, 1.82) is 0 Å². The number of rotatable bonds is 6. The van der Waals surface area contributed by atoms with E-state index < -0.39 is 0 Å². The first-order chi connectivity index (χ1) is 9.69. The summed E-state index contributed by atoms with van der Waals surface area (Å²) in [4.78, 5) is 0. The van der Waals surface area contributed by atoms with Gasteiger partial charge >= 0.3 is 0 Å². The molecule has 1 aromatic rings. The Labute approximate surface area is 122 Å². The molecule has 2 rings (SSSR count). The lowest BCUT2D eigenvalue weighted by molar-refractivity contribution is 0.315. The average Bonchev–Trinajstić information content (AvgIpc) is 2.48. The molecule has 0 spiro atoms. The Bertz CT molecular complexity index is 382. The molecule has 1 fully saturated rings. The SMILES string of the molecule is CCCOc1ccc(C(C)NC2CCC(N)CC2)cc1. The molecule has 0 saturated heterocycles. The minimum Gasteiger partial charge on any atom is -0.494 e. The van der Waals surface area contributed by atoms with Crippen LogP contribution >= 0.6 is 0 Å². The third-order valence-electron chi connectivity index (χ3n) is 4.11. The molecule has 1 unspecified atom stereocenters. The highest BCUT2D eigenvalue weighted by molar-refractivity contribution is 5.29. The lowest BCUT2D eigenvalue weighted by atomic mass is 9.91. The van der Waals surface area contributed by atoms with E-state index in [1.54, 1.807) is 0 Å². The molecule has 1 saturated carbocycles. The van der Waals surface area contributed by atoms with Crippen molar-refractivity contribution in [3.63, 3.8) is 0 Å². The van der Waals surface area contributed by atoms with Crippen molar-refractivity contribution < 1.29 is 4.74 Å². The van der Waals surface area contributed by atoms with Crippen LogP contribution in [0.15, 0.2) is 24.3 Å². The molecule has 3 heteroatoms. The van der Waals surface area contributed by atoms with Crippen LogP contribution in [0.1, 0.15) is 57.6 Å². The van der Waals surface area contributed by atoms with Gasteiger partial charge in [0, 0.05) is 18.1 Å². The van der Waals surface area contributed by atoms with E-state index in [9.17, 15) is 0 Å². The Morgan fingerprint density at radius 3 is 2.45 bits per heavy atom. The first-order valence-corrected chi connectivity index (χ1v) is 7.93. The minimum absolute atomic E-state index is 0.384. The topological polar surface area (TPSA) is 47.3 Å². The van der Waals surface area contributed by atoms with E-state index in [1.165, 1.54) is 18.4 Å². The summed E-state index contributed by atoms with van der Waals surface area (Å²) in [5, 5.41) is 3.72. The van der Waals surface area contributed by atoms with Crippen molar-refractivity contribution in [2.45, 2.75) is 64.1 Å². The lowest BCUT2D eigenvalue weighted by Gasteiger charge is -2.29. The van der Waals surface area contributed by atoms with Gasteiger partial charge in [0.25, 0.3) is 0 Å². The van der Waals surface area contributed by atoms with Crippen LogP contribution in [-0.2, 0) is 0 Å².